The summed E-state index contributed by atoms with van der Waals surface area (Å²) in [5.74, 6) is -0.431. The van der Waals surface area contributed by atoms with E-state index in [2.05, 4.69) is 9.99 Å². The van der Waals surface area contributed by atoms with Crippen LogP contribution in [0.1, 0.15) is 17.5 Å². The zero-order valence-electron chi connectivity index (χ0n) is 9.72. The summed E-state index contributed by atoms with van der Waals surface area (Å²) in [6.07, 6.45) is -10.6. The van der Waals surface area contributed by atoms with Crippen LogP contribution in [0.2, 0.25) is 0 Å². The second-order valence-corrected chi connectivity index (χ2v) is 4.25. The van der Waals surface area contributed by atoms with E-state index in [9.17, 15) is 26.3 Å². The lowest BCUT2D eigenvalue weighted by molar-refractivity contribution is -0.276. The van der Waals surface area contributed by atoms with E-state index in [1.165, 1.54) is 0 Å². The van der Waals surface area contributed by atoms with Crippen LogP contribution in [0.3, 0.4) is 0 Å². The van der Waals surface area contributed by atoms with Crippen LogP contribution in [-0.2, 0) is 16.6 Å². The highest BCUT2D eigenvalue weighted by atomic mass is 19.4. The minimum absolute atomic E-state index is 0.390. The standard InChI is InChI=1S/C11H8F6N2O/c12-10(13,14)7-3-1-2-6(4-7)9(11(15,16)17)5-8(18)19-20-9/h1-4H,5H2,(H2,18,19). The van der Waals surface area contributed by atoms with Gasteiger partial charge in [-0.3, -0.25) is 0 Å². The average Bonchev–Trinajstić information content (AvgIpc) is 2.71. The summed E-state index contributed by atoms with van der Waals surface area (Å²) in [4.78, 5) is 4.34. The van der Waals surface area contributed by atoms with Crippen molar-refractivity contribution in [3.05, 3.63) is 35.4 Å². The van der Waals surface area contributed by atoms with Crippen LogP contribution < -0.4 is 5.73 Å². The number of nitrogens with zero attached hydrogens (tertiary/aromatic N) is 1. The second kappa shape index (κ2) is 4.29. The fraction of sp³-hybridized carbons (Fsp3) is 0.364. The summed E-state index contributed by atoms with van der Waals surface area (Å²) in [7, 11) is 0. The first-order valence-corrected chi connectivity index (χ1v) is 5.31. The van der Waals surface area contributed by atoms with Gasteiger partial charge in [-0.2, -0.15) is 26.3 Å². The molecule has 1 aliphatic heterocycles. The third-order valence-electron chi connectivity index (χ3n) is 2.86. The largest absolute Gasteiger partial charge is 0.435 e. The molecular formula is C11H8F6N2O. The highest BCUT2D eigenvalue weighted by molar-refractivity contribution is 5.82. The number of hydrogen-bond acceptors (Lipinski definition) is 3. The van der Waals surface area contributed by atoms with E-state index in [0.717, 1.165) is 12.1 Å². The molecule has 20 heavy (non-hydrogen) atoms. The Morgan fingerprint density at radius 1 is 1.15 bits per heavy atom. The van der Waals surface area contributed by atoms with Crippen molar-refractivity contribution in [2.24, 2.45) is 10.9 Å². The van der Waals surface area contributed by atoms with Crippen molar-refractivity contribution >= 4 is 5.84 Å². The molecule has 2 N–H and O–H groups in total. The maximum Gasteiger partial charge on any atom is 0.435 e. The summed E-state index contributed by atoms with van der Waals surface area (Å²) in [6.45, 7) is 0. The second-order valence-electron chi connectivity index (χ2n) is 4.25. The first-order chi connectivity index (χ1) is 9.06. The van der Waals surface area contributed by atoms with Gasteiger partial charge in [-0.15, -0.1) is 0 Å². The predicted octanol–water partition coefficient (Wildman–Crippen LogP) is 3.16. The molecule has 1 atom stereocenters. The van der Waals surface area contributed by atoms with Crippen molar-refractivity contribution < 1.29 is 31.2 Å². The fourth-order valence-electron chi connectivity index (χ4n) is 1.87. The molecule has 0 saturated heterocycles. The van der Waals surface area contributed by atoms with E-state index in [-0.39, 0.29) is 0 Å². The molecule has 0 bridgehead atoms. The van der Waals surface area contributed by atoms with E-state index >= 15 is 0 Å². The van der Waals surface area contributed by atoms with Crippen molar-refractivity contribution in [1.82, 2.24) is 0 Å². The molecule has 2 rings (SSSR count). The first-order valence-electron chi connectivity index (χ1n) is 5.31. The molecule has 0 radical (unpaired) electrons. The zero-order chi connectivity index (χ0) is 15.2. The molecule has 3 nitrogen and oxygen atoms in total. The molecular weight excluding hydrogens is 290 g/mol. The maximum absolute atomic E-state index is 13.2. The van der Waals surface area contributed by atoms with Crippen LogP contribution >= 0.6 is 0 Å². The van der Waals surface area contributed by atoms with E-state index in [0.29, 0.717) is 12.1 Å². The lowest BCUT2D eigenvalue weighted by Gasteiger charge is -2.29. The Labute approximate surface area is 109 Å². The molecule has 1 aromatic rings. The van der Waals surface area contributed by atoms with E-state index in [4.69, 9.17) is 5.73 Å². The van der Waals surface area contributed by atoms with Crippen molar-refractivity contribution in [2.75, 3.05) is 0 Å². The van der Waals surface area contributed by atoms with Gasteiger partial charge in [0.2, 0.25) is 0 Å². The molecule has 1 unspecified atom stereocenters. The third kappa shape index (κ3) is 2.27. The average molecular weight is 298 g/mol. The summed E-state index contributed by atoms with van der Waals surface area (Å²) in [6, 6.07) is 2.84. The summed E-state index contributed by atoms with van der Waals surface area (Å²) < 4.78 is 77.2. The molecule has 0 fully saturated rings. The van der Waals surface area contributed by atoms with Crippen LogP contribution in [0.4, 0.5) is 26.3 Å². The van der Waals surface area contributed by atoms with Gasteiger partial charge >= 0.3 is 12.4 Å². The van der Waals surface area contributed by atoms with Gasteiger partial charge in [-0.25, -0.2) is 0 Å². The Morgan fingerprint density at radius 3 is 2.25 bits per heavy atom. The van der Waals surface area contributed by atoms with E-state index in [1.54, 1.807) is 0 Å². The Hall–Kier alpha value is -1.93. The van der Waals surface area contributed by atoms with Crippen molar-refractivity contribution in [1.29, 1.82) is 0 Å². The number of benzene rings is 1. The quantitative estimate of drug-likeness (QED) is 0.810. The maximum atomic E-state index is 13.2. The fourth-order valence-corrected chi connectivity index (χ4v) is 1.87. The Kier molecular flexibility index (Phi) is 3.10. The Balaban J connectivity index is 2.52. The van der Waals surface area contributed by atoms with E-state index < -0.39 is 41.3 Å². The minimum atomic E-state index is -4.96. The number of amidine groups is 1. The smallest absolute Gasteiger partial charge is 0.384 e. The molecule has 0 saturated carbocycles. The van der Waals surface area contributed by atoms with Gasteiger partial charge in [-0.1, -0.05) is 17.3 Å². The SMILES string of the molecule is NC1=NOC(c2cccc(C(F)(F)F)c2)(C(F)(F)F)C1. The third-order valence-corrected chi connectivity index (χ3v) is 2.86. The lowest BCUT2D eigenvalue weighted by Crippen LogP contribution is -2.43. The molecule has 1 aromatic carbocycles. The molecule has 110 valence electrons. The van der Waals surface area contributed by atoms with Crippen LogP contribution in [0, 0.1) is 0 Å². The van der Waals surface area contributed by atoms with Crippen molar-refractivity contribution in [3.63, 3.8) is 0 Å². The number of nitrogens with two attached hydrogens (primary N) is 1. The zero-order valence-corrected chi connectivity index (χ0v) is 9.72. The van der Waals surface area contributed by atoms with Crippen molar-refractivity contribution in [3.8, 4) is 0 Å². The molecule has 0 aromatic heterocycles. The number of oxime groups is 1. The lowest BCUT2D eigenvalue weighted by atomic mass is 9.88. The van der Waals surface area contributed by atoms with Gasteiger partial charge in [0.05, 0.1) is 12.0 Å². The van der Waals surface area contributed by atoms with Gasteiger partial charge in [0, 0.05) is 5.56 Å². The number of rotatable bonds is 1. The van der Waals surface area contributed by atoms with Gasteiger partial charge in [-0.05, 0) is 12.1 Å². The highest BCUT2D eigenvalue weighted by Gasteiger charge is 2.62. The van der Waals surface area contributed by atoms with Crippen LogP contribution in [-0.4, -0.2) is 12.0 Å². The molecule has 1 aliphatic rings. The Bertz CT molecular complexity index is 551. The topological polar surface area (TPSA) is 47.6 Å². The molecule has 9 heteroatoms. The molecule has 1 heterocycles. The van der Waals surface area contributed by atoms with Gasteiger partial charge in [0.1, 0.15) is 5.84 Å². The highest BCUT2D eigenvalue weighted by Crippen LogP contribution is 2.48. The number of halogens is 6. The van der Waals surface area contributed by atoms with Crippen LogP contribution in [0.25, 0.3) is 0 Å². The van der Waals surface area contributed by atoms with Gasteiger partial charge in [0.15, 0.2) is 0 Å². The molecule has 0 amide bonds. The first kappa shape index (κ1) is 14.5. The van der Waals surface area contributed by atoms with Crippen LogP contribution in [0.15, 0.2) is 29.4 Å². The normalized spacial score (nSPS) is 23.4. The van der Waals surface area contributed by atoms with E-state index in [1.807, 2.05) is 0 Å². The summed E-state index contributed by atoms with van der Waals surface area (Å²) in [5, 5.41) is 3.02. The number of alkyl halides is 6. The van der Waals surface area contributed by atoms with Gasteiger partial charge in [0.25, 0.3) is 5.60 Å². The van der Waals surface area contributed by atoms with Gasteiger partial charge < -0.3 is 10.6 Å². The Morgan fingerprint density at radius 2 is 1.80 bits per heavy atom. The summed E-state index contributed by atoms with van der Waals surface area (Å²) in [5.41, 5.74) is 0.305. The summed E-state index contributed by atoms with van der Waals surface area (Å²) >= 11 is 0. The molecule has 0 aliphatic carbocycles. The predicted molar refractivity (Wildman–Crippen MR) is 56.5 cm³/mol. The van der Waals surface area contributed by atoms with Crippen LogP contribution in [0.5, 0.6) is 0 Å². The number of hydrogen-bond donors (Lipinski definition) is 1. The minimum Gasteiger partial charge on any atom is -0.384 e. The van der Waals surface area contributed by atoms with Crippen molar-refractivity contribution in [2.45, 2.75) is 24.4 Å². The molecule has 0 spiro atoms. The monoisotopic (exact) mass is 298 g/mol.